The van der Waals surface area contributed by atoms with Gasteiger partial charge in [-0.2, -0.15) is 0 Å². The molecule has 0 unspecified atom stereocenters. The highest BCUT2D eigenvalue weighted by molar-refractivity contribution is 5.92. The van der Waals surface area contributed by atoms with Gasteiger partial charge in [-0.1, -0.05) is 36.4 Å². The lowest BCUT2D eigenvalue weighted by Crippen LogP contribution is -2.09. The molecule has 2 aromatic carbocycles. The number of nitrogens with zero attached hydrogens (tertiary/aromatic N) is 1. The minimum atomic E-state index is -0.960. The van der Waals surface area contributed by atoms with E-state index < -0.39 is 5.97 Å². The molecule has 0 saturated heterocycles. The van der Waals surface area contributed by atoms with Gasteiger partial charge in [-0.25, -0.2) is 4.79 Å². The number of aryl methyl sites for hydroxylation is 2. The van der Waals surface area contributed by atoms with Crippen LogP contribution in [0.4, 0.5) is 5.69 Å². The van der Waals surface area contributed by atoms with E-state index in [0.717, 1.165) is 35.0 Å². The molecule has 0 radical (unpaired) electrons. The molecule has 0 saturated carbocycles. The molecule has 0 fully saturated rings. The zero-order chi connectivity index (χ0) is 19.2. The van der Waals surface area contributed by atoms with Crippen LogP contribution < -0.4 is 10.5 Å². The van der Waals surface area contributed by atoms with Gasteiger partial charge >= 0.3 is 5.97 Å². The first kappa shape index (κ1) is 18.7. The maximum Gasteiger partial charge on any atom is 0.341 e. The van der Waals surface area contributed by atoms with E-state index in [1.807, 2.05) is 43.3 Å². The van der Waals surface area contributed by atoms with E-state index in [0.29, 0.717) is 5.75 Å². The van der Waals surface area contributed by atoms with E-state index in [1.54, 1.807) is 6.07 Å². The van der Waals surface area contributed by atoms with Crippen LogP contribution in [0.5, 0.6) is 5.75 Å². The molecule has 0 bridgehead atoms. The summed E-state index contributed by atoms with van der Waals surface area (Å²) < 4.78 is 5.00. The maximum absolute atomic E-state index is 10.2. The lowest BCUT2D eigenvalue weighted by atomic mass is 9.93. The summed E-state index contributed by atoms with van der Waals surface area (Å²) in [5, 5.41) is 9.45. The first-order valence-corrected chi connectivity index (χ1v) is 9.12. The van der Waals surface area contributed by atoms with Crippen molar-refractivity contribution in [3.05, 3.63) is 65.4 Å². The molecule has 5 nitrogen and oxygen atoms in total. The Hall–Kier alpha value is -3.08. The summed E-state index contributed by atoms with van der Waals surface area (Å²) in [6.07, 6.45) is 4.68. The monoisotopic (exact) mass is 364 g/mol. The van der Waals surface area contributed by atoms with Crippen molar-refractivity contribution in [3.8, 4) is 5.75 Å². The smallest absolute Gasteiger partial charge is 0.341 e. The summed E-state index contributed by atoms with van der Waals surface area (Å²) >= 11 is 0. The topological polar surface area (TPSA) is 85.4 Å². The van der Waals surface area contributed by atoms with Gasteiger partial charge in [0.1, 0.15) is 5.75 Å². The number of nitrogens with two attached hydrogens (primary N) is 1. The molecule has 27 heavy (non-hydrogen) atoms. The van der Waals surface area contributed by atoms with Crippen LogP contribution >= 0.6 is 0 Å². The van der Waals surface area contributed by atoms with Crippen LogP contribution in [0.3, 0.4) is 0 Å². The number of fused-ring (bicyclic) bond motifs is 2. The van der Waals surface area contributed by atoms with Gasteiger partial charge in [0.15, 0.2) is 6.61 Å². The van der Waals surface area contributed by atoms with E-state index in [2.05, 4.69) is 6.07 Å². The van der Waals surface area contributed by atoms with Crippen molar-refractivity contribution >= 4 is 22.6 Å². The quantitative estimate of drug-likeness (QED) is 0.729. The van der Waals surface area contributed by atoms with E-state index in [-0.39, 0.29) is 6.61 Å². The third-order valence-electron chi connectivity index (χ3n) is 4.66. The van der Waals surface area contributed by atoms with Gasteiger partial charge in [-0.3, -0.25) is 4.98 Å². The number of aromatic nitrogens is 1. The molecular weight excluding hydrogens is 340 g/mol. The summed E-state index contributed by atoms with van der Waals surface area (Å²) in [7, 11) is 0. The SMILES string of the molecule is Cc1ccccc1OCC(=O)O.Nc1c2c(nc3ccccc13)CCCC2. The molecule has 0 amide bonds. The molecule has 1 heterocycles. The number of carboxylic acid groups (broad SMARTS) is 1. The van der Waals surface area contributed by atoms with E-state index in [9.17, 15) is 4.79 Å². The van der Waals surface area contributed by atoms with Crippen molar-refractivity contribution in [1.29, 1.82) is 0 Å². The zero-order valence-electron chi connectivity index (χ0n) is 15.4. The Labute approximate surface area is 158 Å². The fourth-order valence-corrected chi connectivity index (χ4v) is 3.27. The summed E-state index contributed by atoms with van der Waals surface area (Å²) in [6.45, 7) is 1.59. The Morgan fingerprint density at radius 2 is 1.81 bits per heavy atom. The third-order valence-corrected chi connectivity index (χ3v) is 4.66. The predicted octanol–water partition coefficient (Wildman–Crippen LogP) is 4.15. The van der Waals surface area contributed by atoms with Gasteiger partial charge in [0.2, 0.25) is 0 Å². The summed E-state index contributed by atoms with van der Waals surface area (Å²) in [6, 6.07) is 15.5. The lowest BCUT2D eigenvalue weighted by molar-refractivity contribution is -0.139. The van der Waals surface area contributed by atoms with Crippen molar-refractivity contribution in [2.75, 3.05) is 12.3 Å². The number of pyridine rings is 1. The Morgan fingerprint density at radius 1 is 1.11 bits per heavy atom. The molecule has 0 aliphatic heterocycles. The standard InChI is InChI=1S/C13H14N2.C9H10O3/c14-13-9-5-1-3-7-11(9)15-12-8-4-2-6-10(12)13;1-7-4-2-3-5-8(7)12-6-9(10)11/h1,3,5,7H,2,4,6,8H2,(H2,14,15);2-5H,6H2,1H3,(H,10,11). The fraction of sp³-hybridized carbons (Fsp3) is 0.273. The van der Waals surface area contributed by atoms with Crippen LogP contribution in [0, 0.1) is 6.92 Å². The highest BCUT2D eigenvalue weighted by atomic mass is 16.5. The number of aliphatic carboxylic acids is 1. The lowest BCUT2D eigenvalue weighted by Gasteiger charge is -2.18. The zero-order valence-corrected chi connectivity index (χ0v) is 15.4. The highest BCUT2D eigenvalue weighted by Gasteiger charge is 2.15. The number of para-hydroxylation sites is 2. The second-order valence-corrected chi connectivity index (χ2v) is 6.62. The molecule has 1 aliphatic carbocycles. The normalized spacial score (nSPS) is 12.6. The molecular formula is C22H24N2O3. The maximum atomic E-state index is 10.2. The van der Waals surface area contributed by atoms with Crippen molar-refractivity contribution in [2.45, 2.75) is 32.6 Å². The van der Waals surface area contributed by atoms with Crippen molar-refractivity contribution in [3.63, 3.8) is 0 Å². The van der Waals surface area contributed by atoms with Crippen molar-refractivity contribution < 1.29 is 14.6 Å². The van der Waals surface area contributed by atoms with Crippen LogP contribution in [-0.2, 0) is 17.6 Å². The minimum Gasteiger partial charge on any atom is -0.482 e. The van der Waals surface area contributed by atoms with Crippen molar-refractivity contribution in [1.82, 2.24) is 4.98 Å². The van der Waals surface area contributed by atoms with Gasteiger partial charge in [-0.05, 0) is 55.9 Å². The van der Waals surface area contributed by atoms with Gasteiger partial charge in [0.05, 0.1) is 5.52 Å². The van der Waals surface area contributed by atoms with E-state index in [1.165, 1.54) is 24.1 Å². The van der Waals surface area contributed by atoms with Gasteiger partial charge in [0.25, 0.3) is 0 Å². The van der Waals surface area contributed by atoms with Crippen LogP contribution in [0.25, 0.3) is 10.9 Å². The number of ether oxygens (including phenoxy) is 1. The molecule has 4 rings (SSSR count). The number of carboxylic acids is 1. The average Bonchev–Trinajstić information content (AvgIpc) is 2.68. The molecule has 1 aliphatic rings. The first-order chi connectivity index (χ1) is 13.1. The summed E-state index contributed by atoms with van der Waals surface area (Å²) in [4.78, 5) is 14.9. The summed E-state index contributed by atoms with van der Waals surface area (Å²) in [5.41, 5.74) is 11.6. The molecule has 0 atom stereocenters. The first-order valence-electron chi connectivity index (χ1n) is 9.12. The molecule has 1 aromatic heterocycles. The van der Waals surface area contributed by atoms with Gasteiger partial charge in [-0.15, -0.1) is 0 Å². The average molecular weight is 364 g/mol. The molecule has 5 heteroatoms. The second-order valence-electron chi connectivity index (χ2n) is 6.62. The van der Waals surface area contributed by atoms with Crippen LogP contribution in [-0.4, -0.2) is 22.7 Å². The number of nitrogen functional groups attached to an aromatic ring is 1. The van der Waals surface area contributed by atoms with E-state index >= 15 is 0 Å². The number of anilines is 1. The van der Waals surface area contributed by atoms with Crippen LogP contribution in [0.15, 0.2) is 48.5 Å². The molecule has 3 N–H and O–H groups in total. The highest BCUT2D eigenvalue weighted by Crippen LogP contribution is 2.30. The molecule has 0 spiro atoms. The van der Waals surface area contributed by atoms with Gasteiger partial charge in [0, 0.05) is 16.8 Å². The minimum absolute atomic E-state index is 0.287. The van der Waals surface area contributed by atoms with Crippen LogP contribution in [0.2, 0.25) is 0 Å². The Balaban J connectivity index is 0.000000161. The Morgan fingerprint density at radius 3 is 2.59 bits per heavy atom. The number of hydrogen-bond acceptors (Lipinski definition) is 4. The molecule has 3 aromatic rings. The fourth-order valence-electron chi connectivity index (χ4n) is 3.27. The molecule has 140 valence electrons. The van der Waals surface area contributed by atoms with E-state index in [4.69, 9.17) is 20.6 Å². The summed E-state index contributed by atoms with van der Waals surface area (Å²) in [5.74, 6) is -0.335. The largest absolute Gasteiger partial charge is 0.482 e. The predicted molar refractivity (Wildman–Crippen MR) is 107 cm³/mol. The number of rotatable bonds is 3. The Kier molecular flexibility index (Phi) is 5.91. The number of benzene rings is 2. The number of carbonyl (C=O) groups is 1. The Bertz CT molecular complexity index is 953. The van der Waals surface area contributed by atoms with Crippen LogP contribution in [0.1, 0.15) is 29.7 Å². The van der Waals surface area contributed by atoms with Crippen molar-refractivity contribution in [2.24, 2.45) is 0 Å². The number of hydrogen-bond donors (Lipinski definition) is 2. The second kappa shape index (κ2) is 8.54. The van der Waals surface area contributed by atoms with Gasteiger partial charge < -0.3 is 15.6 Å². The third kappa shape index (κ3) is 4.56.